The van der Waals surface area contributed by atoms with Gasteiger partial charge in [-0.2, -0.15) is 0 Å². The second-order valence-electron chi connectivity index (χ2n) is 3.51. The van der Waals surface area contributed by atoms with E-state index in [1.54, 1.807) is 6.92 Å². The average molecular weight is 199 g/mol. The molecule has 1 unspecified atom stereocenters. The van der Waals surface area contributed by atoms with Gasteiger partial charge in [-0.05, 0) is 6.92 Å². The highest BCUT2D eigenvalue weighted by atomic mass is 16.7. The molecule has 0 aromatic carbocycles. The molecular formula is C9H13NO4. The van der Waals surface area contributed by atoms with Crippen LogP contribution in [0.3, 0.4) is 0 Å². The molecule has 0 radical (unpaired) electrons. The highest BCUT2D eigenvalue weighted by Gasteiger charge is 2.45. The van der Waals surface area contributed by atoms with Crippen molar-refractivity contribution in [2.75, 3.05) is 19.8 Å². The lowest BCUT2D eigenvalue weighted by Crippen LogP contribution is -2.31. The Balaban J connectivity index is 1.95. The van der Waals surface area contributed by atoms with Crippen molar-refractivity contribution < 1.29 is 19.1 Å². The molecule has 5 heteroatoms. The molecule has 2 rings (SSSR count). The minimum atomic E-state index is -0.387. The van der Waals surface area contributed by atoms with Gasteiger partial charge in [0.25, 0.3) is 0 Å². The number of carbonyl (C=O) groups excluding carboxylic acids is 1. The Hall–Kier alpha value is -1.10. The molecule has 0 bridgehead atoms. The minimum Gasteiger partial charge on any atom is -0.461 e. The van der Waals surface area contributed by atoms with Crippen LogP contribution in [0.4, 0.5) is 0 Å². The summed E-state index contributed by atoms with van der Waals surface area (Å²) in [5, 5.41) is 3.75. The lowest BCUT2D eigenvalue weighted by molar-refractivity contribution is -0.135. The zero-order valence-electron chi connectivity index (χ0n) is 8.12. The number of oxime groups is 1. The fourth-order valence-electron chi connectivity index (χ4n) is 1.65. The Kier molecular flexibility index (Phi) is 2.41. The van der Waals surface area contributed by atoms with Crippen LogP contribution in [0, 0.1) is 0 Å². The quantitative estimate of drug-likeness (QED) is 0.607. The summed E-state index contributed by atoms with van der Waals surface area (Å²) in [6.07, 6.45) is 1.30. The van der Waals surface area contributed by atoms with Gasteiger partial charge < -0.3 is 14.3 Å². The Morgan fingerprint density at radius 2 is 2.57 bits per heavy atom. The van der Waals surface area contributed by atoms with Crippen molar-refractivity contribution in [2.24, 2.45) is 5.16 Å². The molecule has 5 nitrogen and oxygen atoms in total. The summed E-state index contributed by atoms with van der Waals surface area (Å²) in [6, 6.07) is 0. The Morgan fingerprint density at radius 1 is 1.71 bits per heavy atom. The zero-order valence-corrected chi connectivity index (χ0v) is 8.12. The van der Waals surface area contributed by atoms with Crippen LogP contribution in [0.1, 0.15) is 19.8 Å². The maximum Gasteiger partial charge on any atom is 0.356 e. The van der Waals surface area contributed by atoms with Crippen molar-refractivity contribution in [2.45, 2.75) is 25.4 Å². The van der Waals surface area contributed by atoms with Crippen LogP contribution >= 0.6 is 0 Å². The van der Waals surface area contributed by atoms with Crippen LogP contribution in [0.25, 0.3) is 0 Å². The second kappa shape index (κ2) is 3.57. The van der Waals surface area contributed by atoms with Gasteiger partial charge in [0.15, 0.2) is 11.3 Å². The maximum absolute atomic E-state index is 11.3. The number of carbonyl (C=O) groups is 1. The van der Waals surface area contributed by atoms with Crippen molar-refractivity contribution in [3.05, 3.63) is 0 Å². The smallest absolute Gasteiger partial charge is 0.356 e. The zero-order chi connectivity index (χ0) is 10.0. The van der Waals surface area contributed by atoms with Crippen LogP contribution in [-0.2, 0) is 19.1 Å². The highest BCUT2D eigenvalue weighted by Crippen LogP contribution is 2.32. The Labute approximate surface area is 82.0 Å². The van der Waals surface area contributed by atoms with Gasteiger partial charge in [0, 0.05) is 12.8 Å². The van der Waals surface area contributed by atoms with Gasteiger partial charge in [-0.15, -0.1) is 0 Å². The van der Waals surface area contributed by atoms with Gasteiger partial charge in [-0.25, -0.2) is 4.79 Å². The molecule has 78 valence electrons. The van der Waals surface area contributed by atoms with E-state index in [2.05, 4.69) is 5.16 Å². The summed E-state index contributed by atoms with van der Waals surface area (Å²) in [5.41, 5.74) is -0.0143. The van der Waals surface area contributed by atoms with E-state index in [1.165, 1.54) is 0 Å². The molecule has 0 aromatic heterocycles. The lowest BCUT2D eigenvalue weighted by Gasteiger charge is -2.16. The number of hydrogen-bond acceptors (Lipinski definition) is 5. The van der Waals surface area contributed by atoms with E-state index < -0.39 is 0 Å². The molecule has 2 aliphatic heterocycles. The maximum atomic E-state index is 11.3. The first-order valence-corrected chi connectivity index (χ1v) is 4.76. The number of esters is 1. The summed E-state index contributed by atoms with van der Waals surface area (Å²) in [7, 11) is 0. The molecule has 0 saturated carbocycles. The summed E-state index contributed by atoms with van der Waals surface area (Å²) in [6.45, 7) is 3.31. The van der Waals surface area contributed by atoms with Gasteiger partial charge in [0.2, 0.25) is 0 Å². The molecule has 0 aliphatic carbocycles. The van der Waals surface area contributed by atoms with Gasteiger partial charge in [0.05, 0.1) is 19.8 Å². The van der Waals surface area contributed by atoms with Crippen molar-refractivity contribution >= 4 is 11.7 Å². The predicted octanol–water partition coefficient (Wildman–Crippen LogP) is 0.485. The standard InChI is InChI=1S/C9H13NO4/c1-2-13-8(11)7-5-9(14-10-7)3-4-12-6-9/h2-6H2,1H3. The van der Waals surface area contributed by atoms with E-state index in [1.807, 2.05) is 0 Å². The van der Waals surface area contributed by atoms with E-state index in [0.717, 1.165) is 6.42 Å². The van der Waals surface area contributed by atoms with Gasteiger partial charge >= 0.3 is 5.97 Å². The molecule has 0 aromatic rings. The van der Waals surface area contributed by atoms with E-state index in [9.17, 15) is 4.79 Å². The summed E-state index contributed by atoms with van der Waals surface area (Å²) in [5.74, 6) is -0.378. The third-order valence-corrected chi connectivity index (χ3v) is 2.42. The summed E-state index contributed by atoms with van der Waals surface area (Å²) < 4.78 is 10.1. The van der Waals surface area contributed by atoms with Crippen molar-refractivity contribution in [3.63, 3.8) is 0 Å². The van der Waals surface area contributed by atoms with Crippen LogP contribution in [-0.4, -0.2) is 37.1 Å². The molecule has 0 amide bonds. The van der Waals surface area contributed by atoms with E-state index in [4.69, 9.17) is 14.3 Å². The Morgan fingerprint density at radius 3 is 3.21 bits per heavy atom. The van der Waals surface area contributed by atoms with Crippen LogP contribution in [0.15, 0.2) is 5.16 Å². The van der Waals surface area contributed by atoms with Gasteiger partial charge in [-0.3, -0.25) is 0 Å². The second-order valence-corrected chi connectivity index (χ2v) is 3.51. The first kappa shape index (κ1) is 9.45. The monoisotopic (exact) mass is 199 g/mol. The first-order valence-electron chi connectivity index (χ1n) is 4.76. The fourth-order valence-corrected chi connectivity index (χ4v) is 1.65. The van der Waals surface area contributed by atoms with Crippen molar-refractivity contribution in [3.8, 4) is 0 Å². The number of ether oxygens (including phenoxy) is 2. The third-order valence-electron chi connectivity index (χ3n) is 2.42. The summed E-state index contributed by atoms with van der Waals surface area (Å²) >= 11 is 0. The van der Waals surface area contributed by atoms with Crippen molar-refractivity contribution in [1.29, 1.82) is 0 Å². The van der Waals surface area contributed by atoms with Gasteiger partial charge in [0.1, 0.15) is 0 Å². The normalized spacial score (nSPS) is 30.2. The predicted molar refractivity (Wildman–Crippen MR) is 47.9 cm³/mol. The highest BCUT2D eigenvalue weighted by molar-refractivity contribution is 6.36. The minimum absolute atomic E-state index is 0.362. The molecule has 14 heavy (non-hydrogen) atoms. The van der Waals surface area contributed by atoms with E-state index in [-0.39, 0.29) is 11.6 Å². The molecule has 1 spiro atoms. The topological polar surface area (TPSA) is 57.1 Å². The molecule has 1 fully saturated rings. The van der Waals surface area contributed by atoms with E-state index in [0.29, 0.717) is 32.0 Å². The fraction of sp³-hybridized carbons (Fsp3) is 0.778. The van der Waals surface area contributed by atoms with Crippen LogP contribution in [0.5, 0.6) is 0 Å². The summed E-state index contributed by atoms with van der Waals surface area (Å²) in [4.78, 5) is 16.6. The third kappa shape index (κ3) is 1.59. The molecular weight excluding hydrogens is 186 g/mol. The van der Waals surface area contributed by atoms with E-state index >= 15 is 0 Å². The molecule has 0 N–H and O–H groups in total. The average Bonchev–Trinajstić information content (AvgIpc) is 2.78. The Bertz CT molecular complexity index is 268. The largest absolute Gasteiger partial charge is 0.461 e. The molecule has 1 saturated heterocycles. The molecule has 1 atom stereocenters. The van der Waals surface area contributed by atoms with Gasteiger partial charge in [-0.1, -0.05) is 5.16 Å². The first-order chi connectivity index (χ1) is 6.76. The lowest BCUT2D eigenvalue weighted by atomic mass is 9.97. The van der Waals surface area contributed by atoms with Crippen LogP contribution in [0.2, 0.25) is 0 Å². The van der Waals surface area contributed by atoms with Crippen molar-refractivity contribution in [1.82, 2.24) is 0 Å². The number of rotatable bonds is 2. The number of hydrogen-bond donors (Lipinski definition) is 0. The SMILES string of the molecule is CCOC(=O)C1=NOC2(CCOC2)C1. The molecule has 2 aliphatic rings. The number of nitrogens with zero attached hydrogens (tertiary/aromatic N) is 1. The molecule has 2 heterocycles. The van der Waals surface area contributed by atoms with Crippen LogP contribution < -0.4 is 0 Å².